The van der Waals surface area contributed by atoms with E-state index in [0.29, 0.717) is 6.54 Å². The van der Waals surface area contributed by atoms with Crippen molar-refractivity contribution in [1.29, 1.82) is 0 Å². The fourth-order valence-electron chi connectivity index (χ4n) is 2.94. The Morgan fingerprint density at radius 1 is 1.15 bits per heavy atom. The zero-order valence-electron chi connectivity index (χ0n) is 15.4. The van der Waals surface area contributed by atoms with Crippen LogP contribution in [0.1, 0.15) is 19.4 Å². The van der Waals surface area contributed by atoms with Gasteiger partial charge >= 0.3 is 0 Å². The average Bonchev–Trinajstić information content (AvgIpc) is 2.63. The Morgan fingerprint density at radius 2 is 1.81 bits per heavy atom. The molecule has 0 aromatic heterocycles. The van der Waals surface area contributed by atoms with E-state index in [0.717, 1.165) is 63.0 Å². The third-order valence-corrected chi connectivity index (χ3v) is 5.69. The van der Waals surface area contributed by atoms with Gasteiger partial charge < -0.3 is 19.7 Å². The first-order chi connectivity index (χ1) is 12.9. The Kier molecular flexibility index (Phi) is 7.31. The van der Waals surface area contributed by atoms with Crippen LogP contribution in [0.25, 0.3) is 0 Å². The van der Waals surface area contributed by atoms with Crippen LogP contribution < -0.4 is 15.0 Å². The number of nitrogens with one attached hydrogen (secondary N) is 1. The molecule has 0 amide bonds. The van der Waals surface area contributed by atoms with Crippen molar-refractivity contribution in [3.63, 3.8) is 0 Å². The Bertz CT molecular complexity index is 773. The van der Waals surface area contributed by atoms with Crippen LogP contribution >= 0.6 is 43.5 Å². The standard InChI is InChI=1S/C20H23Br2ClN2O2/c1-13(2)27-20-16(21)9-14(10-17(20)22)12-24-15-3-4-19(18(23)11-15)25-5-7-26-8-6-25/h3-4,9-11,13,24H,5-8,12H2,1-2H3. The molecule has 7 heteroatoms. The van der Waals surface area contributed by atoms with Gasteiger partial charge in [0.25, 0.3) is 0 Å². The van der Waals surface area contributed by atoms with E-state index in [1.807, 2.05) is 19.9 Å². The van der Waals surface area contributed by atoms with E-state index in [9.17, 15) is 0 Å². The molecule has 4 nitrogen and oxygen atoms in total. The van der Waals surface area contributed by atoms with Crippen LogP contribution in [-0.2, 0) is 11.3 Å². The summed E-state index contributed by atoms with van der Waals surface area (Å²) in [5, 5.41) is 4.19. The third kappa shape index (κ3) is 5.53. The molecule has 1 N–H and O–H groups in total. The van der Waals surface area contributed by atoms with Crippen molar-refractivity contribution in [1.82, 2.24) is 0 Å². The summed E-state index contributed by atoms with van der Waals surface area (Å²) in [6, 6.07) is 10.3. The van der Waals surface area contributed by atoms with Crippen molar-refractivity contribution in [3.05, 3.63) is 49.9 Å². The highest BCUT2D eigenvalue weighted by molar-refractivity contribution is 9.11. The number of hydrogen-bond donors (Lipinski definition) is 1. The predicted octanol–water partition coefficient (Wildman–Crippen LogP) is 6.10. The summed E-state index contributed by atoms with van der Waals surface area (Å²) in [4.78, 5) is 2.26. The molecule has 146 valence electrons. The minimum atomic E-state index is 0.119. The maximum Gasteiger partial charge on any atom is 0.148 e. The highest BCUT2D eigenvalue weighted by Crippen LogP contribution is 2.36. The molecule has 2 aromatic rings. The van der Waals surface area contributed by atoms with Crippen LogP contribution in [0.5, 0.6) is 5.75 Å². The Balaban J connectivity index is 1.67. The lowest BCUT2D eigenvalue weighted by Crippen LogP contribution is -2.36. The zero-order valence-corrected chi connectivity index (χ0v) is 19.3. The number of morpholine rings is 1. The van der Waals surface area contributed by atoms with E-state index in [2.05, 4.69) is 66.3 Å². The van der Waals surface area contributed by atoms with Crippen LogP contribution in [0, 0.1) is 0 Å². The van der Waals surface area contributed by atoms with E-state index in [1.165, 1.54) is 0 Å². The minimum Gasteiger partial charge on any atom is -0.489 e. The molecule has 0 spiro atoms. The highest BCUT2D eigenvalue weighted by Gasteiger charge is 2.15. The summed E-state index contributed by atoms with van der Waals surface area (Å²) in [6.45, 7) is 7.95. The first-order valence-electron chi connectivity index (χ1n) is 8.94. The molecule has 27 heavy (non-hydrogen) atoms. The molecule has 1 aliphatic rings. The van der Waals surface area contributed by atoms with E-state index < -0.39 is 0 Å². The summed E-state index contributed by atoms with van der Waals surface area (Å²) in [5.74, 6) is 0.826. The van der Waals surface area contributed by atoms with Gasteiger partial charge in [-0.25, -0.2) is 0 Å². The lowest BCUT2D eigenvalue weighted by atomic mass is 10.2. The number of rotatable bonds is 6. The second-order valence-electron chi connectivity index (χ2n) is 6.67. The lowest BCUT2D eigenvalue weighted by molar-refractivity contribution is 0.122. The molecule has 0 bridgehead atoms. The van der Waals surface area contributed by atoms with E-state index >= 15 is 0 Å². The SMILES string of the molecule is CC(C)Oc1c(Br)cc(CNc2ccc(N3CCOCC3)c(Cl)c2)cc1Br. The number of halogens is 3. The number of ether oxygens (including phenoxy) is 2. The van der Waals surface area contributed by atoms with E-state index in [-0.39, 0.29) is 6.10 Å². The van der Waals surface area contributed by atoms with Crippen LogP contribution in [0.4, 0.5) is 11.4 Å². The van der Waals surface area contributed by atoms with Gasteiger partial charge in [0.15, 0.2) is 0 Å². The van der Waals surface area contributed by atoms with Crippen LogP contribution in [0.15, 0.2) is 39.3 Å². The van der Waals surface area contributed by atoms with E-state index in [4.69, 9.17) is 21.1 Å². The fourth-order valence-corrected chi connectivity index (χ4v) is 4.71. The molecular weight excluding hydrogens is 495 g/mol. The number of hydrogen-bond acceptors (Lipinski definition) is 4. The van der Waals surface area contributed by atoms with Gasteiger partial charge in [-0.1, -0.05) is 11.6 Å². The van der Waals surface area contributed by atoms with Gasteiger partial charge in [0, 0.05) is 25.3 Å². The topological polar surface area (TPSA) is 33.7 Å². The molecule has 0 aliphatic carbocycles. The normalized spacial score (nSPS) is 14.5. The van der Waals surface area contributed by atoms with Crippen LogP contribution in [-0.4, -0.2) is 32.4 Å². The molecule has 1 fully saturated rings. The molecule has 1 heterocycles. The first-order valence-corrected chi connectivity index (χ1v) is 10.9. The summed E-state index contributed by atoms with van der Waals surface area (Å²) in [7, 11) is 0. The first kappa shape index (κ1) is 20.8. The molecule has 0 unspecified atom stereocenters. The molecule has 0 saturated carbocycles. The predicted molar refractivity (Wildman–Crippen MR) is 119 cm³/mol. The number of anilines is 2. The smallest absolute Gasteiger partial charge is 0.148 e. The Hall–Kier alpha value is -0.950. The number of benzene rings is 2. The molecule has 3 rings (SSSR count). The minimum absolute atomic E-state index is 0.119. The van der Waals surface area contributed by atoms with Gasteiger partial charge in [0.1, 0.15) is 5.75 Å². The van der Waals surface area contributed by atoms with Crippen molar-refractivity contribution in [2.45, 2.75) is 26.5 Å². The molecule has 0 radical (unpaired) electrons. The van der Waals surface area contributed by atoms with Crippen LogP contribution in [0.3, 0.4) is 0 Å². The lowest BCUT2D eigenvalue weighted by Gasteiger charge is -2.29. The van der Waals surface area contributed by atoms with E-state index in [1.54, 1.807) is 0 Å². The van der Waals surface area contributed by atoms with Crippen molar-refractivity contribution in [2.75, 3.05) is 36.5 Å². The fraction of sp³-hybridized carbons (Fsp3) is 0.400. The van der Waals surface area contributed by atoms with Crippen molar-refractivity contribution < 1.29 is 9.47 Å². The average molecular weight is 519 g/mol. The molecule has 1 saturated heterocycles. The second kappa shape index (κ2) is 9.50. The van der Waals surface area contributed by atoms with Gasteiger partial charge in [0.05, 0.1) is 39.0 Å². The van der Waals surface area contributed by atoms with Crippen molar-refractivity contribution in [2.24, 2.45) is 0 Å². The molecule has 0 atom stereocenters. The maximum atomic E-state index is 6.51. The molecule has 2 aromatic carbocycles. The second-order valence-corrected chi connectivity index (χ2v) is 8.79. The monoisotopic (exact) mass is 516 g/mol. The molecular formula is C20H23Br2ClN2O2. The van der Waals surface area contributed by atoms with Gasteiger partial charge in [-0.05, 0) is 81.6 Å². The maximum absolute atomic E-state index is 6.51. The Labute approximate surface area is 182 Å². The quantitative estimate of drug-likeness (QED) is 0.501. The highest BCUT2D eigenvalue weighted by atomic mass is 79.9. The molecule has 1 aliphatic heterocycles. The van der Waals surface area contributed by atoms with Gasteiger partial charge in [-0.3, -0.25) is 0 Å². The largest absolute Gasteiger partial charge is 0.489 e. The summed E-state index contributed by atoms with van der Waals surface area (Å²) >= 11 is 13.7. The van der Waals surface area contributed by atoms with Gasteiger partial charge in [0.2, 0.25) is 0 Å². The van der Waals surface area contributed by atoms with Crippen molar-refractivity contribution in [3.8, 4) is 5.75 Å². The van der Waals surface area contributed by atoms with Crippen molar-refractivity contribution >= 4 is 54.8 Å². The number of nitrogens with zero attached hydrogens (tertiary/aromatic N) is 1. The third-order valence-electron chi connectivity index (χ3n) is 4.21. The van der Waals surface area contributed by atoms with Gasteiger partial charge in [-0.15, -0.1) is 0 Å². The van der Waals surface area contributed by atoms with Crippen LogP contribution in [0.2, 0.25) is 5.02 Å². The summed E-state index contributed by atoms with van der Waals surface area (Å²) in [5.41, 5.74) is 3.19. The van der Waals surface area contributed by atoms with Gasteiger partial charge in [-0.2, -0.15) is 0 Å². The Morgan fingerprint density at radius 3 is 2.41 bits per heavy atom. The summed E-state index contributed by atoms with van der Waals surface area (Å²) in [6.07, 6.45) is 0.119. The summed E-state index contributed by atoms with van der Waals surface area (Å²) < 4.78 is 13.1. The zero-order chi connectivity index (χ0) is 19.4.